The SMILES string of the molecule is CC1(C)OB(C2=CCOCC2)OC1(C)C.COC(=O)c1ccc(C2=CCOCC2)cc1.COC(=O)c1ccc(C2CCOCC2)cc1.Clc1ncc(Cc2ccc(C3CCOCC3)cc2)s1.O=Cc1ccc(C2CCOCC2)cc1.OC(c1ccc(C2CCOCC2)cc1)c1cnc(Cl)s1.OCc1ccc(C2CCOCC2)cc1. The van der Waals surface area contributed by atoms with Crippen LogP contribution in [0.3, 0.4) is 0 Å². The topological polar surface area (TPSA) is 219 Å². The second-order valence-corrected chi connectivity index (χ2v) is 33.5. The lowest BCUT2D eigenvalue weighted by Gasteiger charge is -2.32. The maximum atomic E-state index is 11.3. The Labute approximate surface area is 691 Å². The quantitative estimate of drug-likeness (QED) is 0.0554. The number of aliphatic hydroxyl groups is 2. The van der Waals surface area contributed by atoms with Crippen molar-refractivity contribution >= 4 is 76.8 Å². The lowest BCUT2D eigenvalue weighted by atomic mass is 9.75. The van der Waals surface area contributed by atoms with Crippen LogP contribution in [0, 0.1) is 0 Å². The van der Waals surface area contributed by atoms with Crippen LogP contribution in [0.15, 0.2) is 176 Å². The Kier molecular flexibility index (Phi) is 36.6. The van der Waals surface area contributed by atoms with Gasteiger partial charge in [-0.25, -0.2) is 19.6 Å². The van der Waals surface area contributed by atoms with Crippen molar-refractivity contribution in [3.8, 4) is 0 Å². The largest absolute Gasteiger partial charge is 0.490 e. The van der Waals surface area contributed by atoms with Gasteiger partial charge in [-0.1, -0.05) is 157 Å². The molecule has 0 spiro atoms. The van der Waals surface area contributed by atoms with Crippen LogP contribution in [0.4, 0.5) is 0 Å². The van der Waals surface area contributed by atoms with E-state index in [9.17, 15) is 19.5 Å². The Morgan fingerprint density at radius 3 is 1.23 bits per heavy atom. The smallest absolute Gasteiger partial charge is 0.465 e. The third-order valence-corrected chi connectivity index (χ3v) is 24.4. The fourth-order valence-corrected chi connectivity index (χ4v) is 16.3. The first kappa shape index (κ1) is 89.2. The van der Waals surface area contributed by atoms with Gasteiger partial charge in [-0.05, 0) is 220 Å². The molecule has 0 radical (unpaired) electrons. The van der Waals surface area contributed by atoms with Gasteiger partial charge in [0.2, 0.25) is 0 Å². The number of hydrogen-bond acceptors (Lipinski definition) is 20. The van der Waals surface area contributed by atoms with Gasteiger partial charge in [-0.3, -0.25) is 4.79 Å². The van der Waals surface area contributed by atoms with Gasteiger partial charge in [0.1, 0.15) is 12.4 Å². The van der Waals surface area contributed by atoms with Gasteiger partial charge < -0.3 is 62.2 Å². The first-order valence-corrected chi connectivity index (χ1v) is 42.3. The number of hydrogen-bond donors (Lipinski definition) is 2. The standard InChI is InChI=1S/C15H16ClNO2S.C15H16ClNOS.C13H16O3.C13H14O3.C12H16O2.C12H14O2.C11H19BO3/c16-15-17-9-13(20-15)14(18)12-3-1-10(2-4-12)11-5-7-19-8-6-11;16-15-17-10-14(19-15)9-11-1-3-12(4-2-11)13-5-7-18-8-6-13;2*1-15-13(14)12-4-2-10(3-5-12)11-6-8-16-9-7-11;2*13-9-10-1-3-11(4-2-10)12-5-7-14-8-6-12;1-10(2)11(3,4)15-12(14-10)9-5-7-13-8-6-9/h1-4,9,11,14,18H,5-8H2;1-4,10,13H,5-9H2;2-5,11H,6-9H2,1H3;2-6H,7-9H2,1H3;1-4,12-13H,5-9H2;1-4,9,12H,5-8H2;5H,6-8H2,1-4H3. The zero-order valence-corrected chi connectivity index (χ0v) is 69.8. The summed E-state index contributed by atoms with van der Waals surface area (Å²) in [6, 6.07) is 48.5. The number of esters is 2. The molecule has 0 bridgehead atoms. The third-order valence-electron chi connectivity index (χ3n) is 22.1. The average molecular weight is 1630 g/mol. The molecule has 18 nitrogen and oxygen atoms in total. The summed E-state index contributed by atoms with van der Waals surface area (Å²) in [5.41, 5.74) is 15.1. The molecule has 0 amide bonds. The highest BCUT2D eigenvalue weighted by Crippen LogP contribution is 2.40. The van der Waals surface area contributed by atoms with E-state index in [1.807, 2.05) is 79.0 Å². The van der Waals surface area contributed by atoms with Crippen LogP contribution in [0.25, 0.3) is 5.57 Å². The Balaban J connectivity index is 0.000000141. The van der Waals surface area contributed by atoms with E-state index in [-0.39, 0.29) is 36.9 Å². The molecular weight excluding hydrogens is 1520 g/mol. The van der Waals surface area contributed by atoms with Crippen LogP contribution in [0.2, 0.25) is 8.93 Å². The molecule has 10 heterocycles. The minimum absolute atomic E-state index is 0.133. The molecule has 8 aliphatic heterocycles. The summed E-state index contributed by atoms with van der Waals surface area (Å²) >= 11 is 14.5. The molecule has 610 valence electrons. The van der Waals surface area contributed by atoms with Gasteiger partial charge in [0, 0.05) is 95.3 Å². The fraction of sp³-hybridized carbons (Fsp3) is 0.462. The Bertz CT molecular complexity index is 4210. The summed E-state index contributed by atoms with van der Waals surface area (Å²) in [5, 5.41) is 19.2. The molecule has 0 saturated carbocycles. The van der Waals surface area contributed by atoms with Gasteiger partial charge in [-0.2, -0.15) is 0 Å². The van der Waals surface area contributed by atoms with Crippen LogP contribution in [-0.2, 0) is 65.0 Å². The first-order chi connectivity index (χ1) is 55.4. The van der Waals surface area contributed by atoms with Gasteiger partial charge >= 0.3 is 19.1 Å². The third kappa shape index (κ3) is 27.8. The highest BCUT2D eigenvalue weighted by molar-refractivity contribution is 7.16. The van der Waals surface area contributed by atoms with Crippen molar-refractivity contribution in [2.45, 2.75) is 165 Å². The molecule has 2 N–H and O–H groups in total. The highest BCUT2D eigenvalue weighted by atomic mass is 35.5. The van der Waals surface area contributed by atoms with E-state index in [2.05, 4.69) is 120 Å². The lowest BCUT2D eigenvalue weighted by molar-refractivity contribution is 0.00578. The van der Waals surface area contributed by atoms with E-state index < -0.39 is 6.10 Å². The normalized spacial score (nSPS) is 18.8. The van der Waals surface area contributed by atoms with Crippen molar-refractivity contribution in [2.75, 3.05) is 107 Å². The zero-order valence-electron chi connectivity index (χ0n) is 66.7. The van der Waals surface area contributed by atoms with E-state index in [1.54, 1.807) is 29.7 Å². The average Bonchev–Trinajstić information content (AvgIpc) is 1.62. The summed E-state index contributed by atoms with van der Waals surface area (Å²) < 4.78 is 59.6. The summed E-state index contributed by atoms with van der Waals surface area (Å²) in [5.74, 6) is 2.50. The molecule has 8 aliphatic rings. The van der Waals surface area contributed by atoms with Crippen LogP contribution in [0.5, 0.6) is 0 Å². The lowest BCUT2D eigenvalue weighted by Crippen LogP contribution is -2.41. The van der Waals surface area contributed by atoms with Gasteiger partial charge in [0.25, 0.3) is 0 Å². The molecule has 16 rings (SSSR count). The van der Waals surface area contributed by atoms with E-state index in [4.69, 9.17) is 70.8 Å². The number of carbonyl (C=O) groups is 3. The van der Waals surface area contributed by atoms with Crippen molar-refractivity contribution in [1.29, 1.82) is 0 Å². The van der Waals surface area contributed by atoms with Crippen LogP contribution >= 0.6 is 45.9 Å². The minimum Gasteiger partial charge on any atom is -0.465 e. The molecule has 23 heteroatoms. The number of rotatable bonds is 15. The molecule has 6 fully saturated rings. The Morgan fingerprint density at radius 2 is 0.868 bits per heavy atom. The number of methoxy groups -OCH3 is 2. The number of ether oxygens (including phenoxy) is 9. The second kappa shape index (κ2) is 46.7. The maximum Gasteiger partial charge on any atom is 0.490 e. The molecular formula is C91H111BCl2N2O16S2. The summed E-state index contributed by atoms with van der Waals surface area (Å²) in [6.07, 6.45) is 21.6. The second-order valence-electron chi connectivity index (χ2n) is 30.1. The van der Waals surface area contributed by atoms with E-state index in [0.29, 0.717) is 62.9 Å². The first-order valence-electron chi connectivity index (χ1n) is 39.9. The predicted molar refractivity (Wildman–Crippen MR) is 451 cm³/mol. The number of aldehydes is 1. The van der Waals surface area contributed by atoms with E-state index >= 15 is 0 Å². The molecule has 2 aromatic heterocycles. The minimum atomic E-state index is -0.649. The molecule has 8 aromatic rings. The number of aliphatic hydroxyl groups excluding tert-OH is 2. The highest BCUT2D eigenvalue weighted by Gasteiger charge is 2.52. The summed E-state index contributed by atoms with van der Waals surface area (Å²) in [4.78, 5) is 43.0. The molecule has 6 saturated heterocycles. The van der Waals surface area contributed by atoms with Gasteiger partial charge in [-0.15, -0.1) is 22.7 Å². The van der Waals surface area contributed by atoms with Crippen LogP contribution in [-0.4, -0.2) is 163 Å². The number of nitrogens with zero attached hydrogens (tertiary/aromatic N) is 2. The van der Waals surface area contributed by atoms with Crippen molar-refractivity contribution in [2.24, 2.45) is 0 Å². The van der Waals surface area contributed by atoms with Crippen LogP contribution in [0.1, 0.15) is 231 Å². The molecule has 6 aromatic carbocycles. The number of carbonyl (C=O) groups excluding carboxylic acids is 3. The Hall–Kier alpha value is -7.13. The summed E-state index contributed by atoms with van der Waals surface area (Å²) in [7, 11) is 2.60. The van der Waals surface area contributed by atoms with E-state index in [0.717, 1.165) is 196 Å². The zero-order chi connectivity index (χ0) is 80.5. The number of benzene rings is 6. The van der Waals surface area contributed by atoms with Crippen molar-refractivity contribution < 1.29 is 76.5 Å². The van der Waals surface area contributed by atoms with Crippen molar-refractivity contribution in [1.82, 2.24) is 9.97 Å². The fourth-order valence-electron chi connectivity index (χ4n) is 14.4. The van der Waals surface area contributed by atoms with Crippen LogP contribution < -0.4 is 0 Å². The maximum absolute atomic E-state index is 11.3. The number of aromatic nitrogens is 2. The molecule has 1 unspecified atom stereocenters. The number of halogens is 2. The molecule has 1 atom stereocenters. The number of thiazole rings is 2. The van der Waals surface area contributed by atoms with Gasteiger partial charge in [0.05, 0.1) is 74.5 Å². The monoisotopic (exact) mass is 1630 g/mol. The van der Waals surface area contributed by atoms with E-state index in [1.165, 1.54) is 74.9 Å². The van der Waals surface area contributed by atoms with Crippen molar-refractivity contribution in [3.63, 3.8) is 0 Å². The molecule has 0 aliphatic carbocycles. The van der Waals surface area contributed by atoms with Gasteiger partial charge in [0.15, 0.2) is 8.93 Å². The Morgan fingerprint density at radius 1 is 0.491 bits per heavy atom. The molecule has 114 heavy (non-hydrogen) atoms. The van der Waals surface area contributed by atoms with Crippen molar-refractivity contribution in [3.05, 3.63) is 261 Å². The summed E-state index contributed by atoms with van der Waals surface area (Å²) in [6.45, 7) is 20.0. The predicted octanol–water partition coefficient (Wildman–Crippen LogP) is 19.1.